The van der Waals surface area contributed by atoms with E-state index in [1.807, 2.05) is 4.98 Å². The van der Waals surface area contributed by atoms with E-state index in [-0.39, 0.29) is 18.1 Å². The number of hydrogen-bond donors (Lipinski definition) is 5. The number of rotatable bonds is 11. The molecule has 5 N–H and O–H groups in total. The molecule has 0 bridgehead atoms. The minimum Gasteiger partial charge on any atom is -0.480 e. The number of carbonyl (C=O) groups is 1. The fraction of sp³-hybridized carbons (Fsp3) is 0.476. The second-order valence-electron chi connectivity index (χ2n) is 8.41. The van der Waals surface area contributed by atoms with E-state index in [9.17, 15) is 34.3 Å². The predicted molar refractivity (Wildman–Crippen MR) is 122 cm³/mol. The van der Waals surface area contributed by atoms with Crippen molar-refractivity contribution in [2.75, 3.05) is 6.61 Å². The van der Waals surface area contributed by atoms with Crippen LogP contribution in [0.3, 0.4) is 0 Å². The highest BCUT2D eigenvalue weighted by Gasteiger charge is 2.46. The summed E-state index contributed by atoms with van der Waals surface area (Å²) in [5, 5.41) is 32.8. The van der Waals surface area contributed by atoms with Gasteiger partial charge in [-0.25, -0.2) is 9.36 Å². The van der Waals surface area contributed by atoms with Crippen molar-refractivity contribution in [1.29, 1.82) is 0 Å². The molecule has 1 fully saturated rings. The molecule has 35 heavy (non-hydrogen) atoms. The first-order valence-electron chi connectivity index (χ1n) is 10.8. The Morgan fingerprint density at radius 3 is 2.49 bits per heavy atom. The predicted octanol–water partition coefficient (Wildman–Crippen LogP) is 0.448. The SMILES string of the molecule is CC(C)CC(NP(=O)(OC[C@H]1O[C@@H](n2ccc(=O)[nH]c2=O)[C@H](O)[C@@H]1O)Oc1ccccc1)C(=O)O. The number of H-pyrrole nitrogens is 1. The van der Waals surface area contributed by atoms with Crippen LogP contribution in [-0.2, 0) is 18.6 Å². The van der Waals surface area contributed by atoms with Crippen LogP contribution in [0.5, 0.6) is 5.75 Å². The molecule has 1 saturated heterocycles. The fourth-order valence-electron chi connectivity index (χ4n) is 3.48. The molecule has 192 valence electrons. The van der Waals surface area contributed by atoms with Crippen molar-refractivity contribution < 1.29 is 38.5 Å². The fourth-order valence-corrected chi connectivity index (χ4v) is 5.00. The van der Waals surface area contributed by atoms with Crippen LogP contribution in [0, 0.1) is 5.92 Å². The van der Waals surface area contributed by atoms with Gasteiger partial charge in [-0.3, -0.25) is 23.7 Å². The average Bonchev–Trinajstić information content (AvgIpc) is 3.06. The summed E-state index contributed by atoms with van der Waals surface area (Å²) in [4.78, 5) is 37.1. The van der Waals surface area contributed by atoms with E-state index in [0.29, 0.717) is 0 Å². The molecule has 0 radical (unpaired) electrons. The number of para-hydroxylation sites is 1. The number of carboxylic acid groups (broad SMARTS) is 1. The van der Waals surface area contributed by atoms with Crippen molar-refractivity contribution >= 4 is 13.7 Å². The van der Waals surface area contributed by atoms with Gasteiger partial charge in [0, 0.05) is 12.3 Å². The van der Waals surface area contributed by atoms with Crippen molar-refractivity contribution in [2.45, 2.75) is 50.8 Å². The summed E-state index contributed by atoms with van der Waals surface area (Å²) >= 11 is 0. The van der Waals surface area contributed by atoms with Gasteiger partial charge >= 0.3 is 19.4 Å². The molecule has 3 rings (SSSR count). The first-order valence-corrected chi connectivity index (χ1v) is 12.4. The molecule has 2 aromatic rings. The summed E-state index contributed by atoms with van der Waals surface area (Å²) < 4.78 is 30.9. The summed E-state index contributed by atoms with van der Waals surface area (Å²) in [5.74, 6) is -1.17. The van der Waals surface area contributed by atoms with Crippen molar-refractivity contribution in [3.05, 3.63) is 63.4 Å². The number of ether oxygens (including phenoxy) is 1. The maximum absolute atomic E-state index is 13.6. The molecule has 6 atom stereocenters. The van der Waals surface area contributed by atoms with Gasteiger partial charge in [0.1, 0.15) is 30.1 Å². The monoisotopic (exact) mass is 513 g/mol. The number of hydrogen-bond acceptors (Lipinski definition) is 9. The van der Waals surface area contributed by atoms with E-state index in [1.165, 1.54) is 12.1 Å². The van der Waals surface area contributed by atoms with Gasteiger partial charge in [-0.15, -0.1) is 0 Å². The molecule has 1 aliphatic rings. The smallest absolute Gasteiger partial charge is 0.459 e. The number of nitrogens with one attached hydrogen (secondary N) is 2. The van der Waals surface area contributed by atoms with Gasteiger partial charge in [0.15, 0.2) is 6.23 Å². The van der Waals surface area contributed by atoms with E-state index in [0.717, 1.165) is 16.8 Å². The standard InChI is InChI=1S/C21H28N3O10P/c1-12(2)10-14(20(28)29)23-35(31,34-13-6-4-3-5-7-13)32-11-15-17(26)18(27)19(33-15)24-9-8-16(25)22-21(24)30/h3-9,12,14-15,17-19,26-27H,10-11H2,1-2H3,(H,23,31)(H,28,29)(H,22,25,30)/t14?,15-,17-,18-,19-,35?/m1/s1. The van der Waals surface area contributed by atoms with Crippen LogP contribution in [0.25, 0.3) is 0 Å². The highest BCUT2D eigenvalue weighted by molar-refractivity contribution is 7.52. The quantitative estimate of drug-likeness (QED) is 0.262. The van der Waals surface area contributed by atoms with Crippen molar-refractivity contribution in [2.24, 2.45) is 5.92 Å². The third-order valence-electron chi connectivity index (χ3n) is 5.16. The molecule has 13 nitrogen and oxygen atoms in total. The molecule has 1 aromatic carbocycles. The van der Waals surface area contributed by atoms with Gasteiger partial charge in [0.25, 0.3) is 5.56 Å². The highest BCUT2D eigenvalue weighted by Crippen LogP contribution is 2.46. The number of aromatic nitrogens is 2. The van der Waals surface area contributed by atoms with E-state index >= 15 is 0 Å². The van der Waals surface area contributed by atoms with Crippen molar-refractivity contribution in [3.8, 4) is 5.75 Å². The summed E-state index contributed by atoms with van der Waals surface area (Å²) in [6, 6.07) is 7.72. The lowest BCUT2D eigenvalue weighted by atomic mass is 10.1. The Bertz CT molecular complexity index is 1170. The molecule has 1 aliphatic heterocycles. The number of aliphatic hydroxyl groups is 2. The largest absolute Gasteiger partial charge is 0.480 e. The Morgan fingerprint density at radius 2 is 1.89 bits per heavy atom. The Balaban J connectivity index is 1.79. The Morgan fingerprint density at radius 1 is 1.20 bits per heavy atom. The molecule has 0 spiro atoms. The third kappa shape index (κ3) is 6.88. The summed E-state index contributed by atoms with van der Waals surface area (Å²) in [6.07, 6.45) is -4.55. The Hall–Kier alpha value is -2.80. The van der Waals surface area contributed by atoms with Gasteiger partial charge in [-0.2, -0.15) is 5.09 Å². The number of aromatic amines is 1. The minimum absolute atomic E-state index is 0.0553. The van der Waals surface area contributed by atoms with E-state index < -0.39 is 62.2 Å². The molecule has 14 heteroatoms. The third-order valence-corrected chi connectivity index (χ3v) is 6.73. The van der Waals surface area contributed by atoms with E-state index in [2.05, 4.69) is 5.09 Å². The second kappa shape index (κ2) is 11.3. The van der Waals surface area contributed by atoms with Gasteiger partial charge < -0.3 is 24.6 Å². The number of nitrogens with zero attached hydrogens (tertiary/aromatic N) is 1. The van der Waals surface area contributed by atoms with E-state index in [1.54, 1.807) is 32.0 Å². The van der Waals surface area contributed by atoms with Crippen LogP contribution < -0.4 is 20.9 Å². The topological polar surface area (TPSA) is 189 Å². The summed E-state index contributed by atoms with van der Waals surface area (Å²) in [6.45, 7) is 3.01. The van der Waals surface area contributed by atoms with Gasteiger partial charge in [-0.1, -0.05) is 32.0 Å². The van der Waals surface area contributed by atoms with Gasteiger partial charge in [-0.05, 0) is 24.5 Å². The molecule has 0 saturated carbocycles. The lowest BCUT2D eigenvalue weighted by Crippen LogP contribution is -2.39. The lowest BCUT2D eigenvalue weighted by Gasteiger charge is -2.25. The van der Waals surface area contributed by atoms with Crippen LogP contribution in [0.15, 0.2) is 52.2 Å². The molecule has 0 amide bonds. The zero-order valence-electron chi connectivity index (χ0n) is 19.0. The zero-order valence-corrected chi connectivity index (χ0v) is 19.9. The molecule has 0 aliphatic carbocycles. The van der Waals surface area contributed by atoms with Crippen molar-refractivity contribution in [3.63, 3.8) is 0 Å². The molecule has 2 unspecified atom stereocenters. The van der Waals surface area contributed by atoms with Crippen LogP contribution in [0.2, 0.25) is 0 Å². The molecule has 1 aromatic heterocycles. The lowest BCUT2D eigenvalue weighted by molar-refractivity contribution is -0.139. The first kappa shape index (κ1) is 26.8. The molecular weight excluding hydrogens is 485 g/mol. The first-order chi connectivity index (χ1) is 16.5. The van der Waals surface area contributed by atoms with Crippen LogP contribution in [0.4, 0.5) is 0 Å². The summed E-state index contributed by atoms with van der Waals surface area (Å²) in [7, 11) is -4.33. The minimum atomic E-state index is -4.33. The maximum Gasteiger partial charge on any atom is 0.459 e. The number of aliphatic hydroxyl groups excluding tert-OH is 2. The van der Waals surface area contributed by atoms with Crippen molar-refractivity contribution in [1.82, 2.24) is 14.6 Å². The van der Waals surface area contributed by atoms with Crippen LogP contribution >= 0.6 is 7.75 Å². The van der Waals surface area contributed by atoms with Crippen LogP contribution in [-0.4, -0.2) is 61.8 Å². The number of benzene rings is 1. The van der Waals surface area contributed by atoms with Gasteiger partial charge in [0.05, 0.1) is 6.61 Å². The molecular formula is C21H28N3O10P. The number of carboxylic acids is 1. The highest BCUT2D eigenvalue weighted by atomic mass is 31.2. The van der Waals surface area contributed by atoms with Crippen LogP contribution in [0.1, 0.15) is 26.5 Å². The normalized spacial score (nSPS) is 24.7. The second-order valence-corrected chi connectivity index (χ2v) is 10.1. The molecule has 2 heterocycles. The Labute approximate surface area is 199 Å². The maximum atomic E-state index is 13.6. The number of aliphatic carboxylic acids is 1. The summed E-state index contributed by atoms with van der Waals surface area (Å²) in [5.41, 5.74) is -1.52. The average molecular weight is 513 g/mol. The van der Waals surface area contributed by atoms with Gasteiger partial charge in [0.2, 0.25) is 0 Å². The Kier molecular flexibility index (Phi) is 8.65. The van der Waals surface area contributed by atoms with E-state index in [4.69, 9.17) is 13.8 Å². The zero-order chi connectivity index (χ0) is 25.8.